The van der Waals surface area contributed by atoms with Crippen molar-refractivity contribution in [2.45, 2.75) is 206 Å². The maximum Gasteiger partial charge on any atom is 0.509 e. The van der Waals surface area contributed by atoms with Crippen LogP contribution in [0.4, 0.5) is 9.59 Å². The number of esters is 2. The highest BCUT2D eigenvalue weighted by Crippen LogP contribution is 2.45. The van der Waals surface area contributed by atoms with E-state index in [1.54, 1.807) is 39.5 Å². The number of nitrogens with zero attached hydrogens (tertiary/aromatic N) is 2. The Balaban J connectivity index is 1.61. The van der Waals surface area contributed by atoms with Gasteiger partial charge in [-0.05, 0) is 86.9 Å². The number of benzene rings is 1. The minimum atomic E-state index is -1.41. The summed E-state index contributed by atoms with van der Waals surface area (Å²) in [5.74, 6) is -4.61. The molecular formula is C52H82N2O16. The predicted octanol–water partition coefficient (Wildman–Crippen LogP) is 7.25. The van der Waals surface area contributed by atoms with E-state index >= 15 is 0 Å². The first-order valence-corrected chi connectivity index (χ1v) is 25.0. The summed E-state index contributed by atoms with van der Waals surface area (Å²) in [4.78, 5) is 73.2. The molecule has 0 spiro atoms. The van der Waals surface area contributed by atoms with Crippen molar-refractivity contribution in [3.05, 3.63) is 35.9 Å². The molecule has 0 N–H and O–H groups in total. The Morgan fingerprint density at radius 3 is 2.06 bits per heavy atom. The Kier molecular flexibility index (Phi) is 19.3. The third-order valence-corrected chi connectivity index (χ3v) is 15.2. The Hall–Kier alpha value is -3.91. The van der Waals surface area contributed by atoms with Crippen molar-refractivity contribution in [2.75, 3.05) is 34.9 Å². The Morgan fingerprint density at radius 1 is 0.829 bits per heavy atom. The van der Waals surface area contributed by atoms with Crippen LogP contribution in [0.2, 0.25) is 0 Å². The normalized spacial score (nSPS) is 39.9. The van der Waals surface area contributed by atoms with Crippen molar-refractivity contribution >= 4 is 30.0 Å². The van der Waals surface area contributed by atoms with Crippen molar-refractivity contribution in [2.24, 2.45) is 23.7 Å². The highest BCUT2D eigenvalue weighted by atomic mass is 16.8. The monoisotopic (exact) mass is 991 g/mol. The highest BCUT2D eigenvalue weighted by Gasteiger charge is 2.61. The molecule has 4 fully saturated rings. The van der Waals surface area contributed by atoms with Gasteiger partial charge in [-0.1, -0.05) is 65.0 Å². The third kappa shape index (κ3) is 12.5. The lowest BCUT2D eigenvalue weighted by Crippen LogP contribution is -2.62. The van der Waals surface area contributed by atoms with Crippen LogP contribution in [0.5, 0.6) is 0 Å². The second kappa shape index (κ2) is 23.8. The molecular weight excluding hydrogens is 909 g/mol. The number of ether oxygens (including phenoxy) is 11. The van der Waals surface area contributed by atoms with Crippen LogP contribution >= 0.6 is 0 Å². The zero-order chi connectivity index (χ0) is 52.0. The smallest absolute Gasteiger partial charge is 0.458 e. The van der Waals surface area contributed by atoms with Gasteiger partial charge in [-0.3, -0.25) is 14.4 Å². The molecule has 0 unspecified atom stereocenters. The number of cyclic esters (lactones) is 1. The summed E-state index contributed by atoms with van der Waals surface area (Å²) in [5.41, 5.74) is -3.11. The maximum atomic E-state index is 15.0. The van der Waals surface area contributed by atoms with Crippen molar-refractivity contribution in [3.63, 3.8) is 0 Å². The fourth-order valence-corrected chi connectivity index (χ4v) is 11.5. The van der Waals surface area contributed by atoms with E-state index in [1.165, 1.54) is 21.1 Å². The second-order valence-corrected chi connectivity index (χ2v) is 20.9. The summed E-state index contributed by atoms with van der Waals surface area (Å²) in [5, 5.41) is 0. The summed E-state index contributed by atoms with van der Waals surface area (Å²) in [7, 11) is 6.83. The zero-order valence-corrected chi connectivity index (χ0v) is 44.4. The highest BCUT2D eigenvalue weighted by molar-refractivity contribution is 5.85. The van der Waals surface area contributed by atoms with E-state index in [1.807, 2.05) is 90.9 Å². The fourth-order valence-electron chi connectivity index (χ4n) is 11.5. The lowest BCUT2D eigenvalue weighted by Gasteiger charge is -2.50. The van der Waals surface area contributed by atoms with Crippen LogP contribution in [0.25, 0.3) is 0 Å². The molecule has 5 rings (SSSR count). The molecule has 0 bridgehead atoms. The number of fused-ring (bicyclic) bond motifs is 1. The van der Waals surface area contributed by atoms with Gasteiger partial charge in [0.1, 0.15) is 24.1 Å². The quantitative estimate of drug-likeness (QED) is 0.134. The van der Waals surface area contributed by atoms with Gasteiger partial charge in [0.15, 0.2) is 30.4 Å². The first-order valence-electron chi connectivity index (χ1n) is 25.0. The summed E-state index contributed by atoms with van der Waals surface area (Å²) in [6.07, 6.45) is -8.18. The van der Waals surface area contributed by atoms with Crippen LogP contribution in [-0.2, 0) is 73.1 Å². The fraction of sp³-hybridized carbons (Fsp3) is 0.788. The molecule has 4 saturated heterocycles. The summed E-state index contributed by atoms with van der Waals surface area (Å²) < 4.78 is 69.9. The molecule has 0 aliphatic carbocycles. The number of likely N-dealkylation sites (N-methyl/N-ethyl adjacent to an activating group) is 1. The molecule has 1 aromatic rings. The van der Waals surface area contributed by atoms with E-state index in [-0.39, 0.29) is 43.8 Å². The molecule has 4 heterocycles. The molecule has 0 aromatic heterocycles. The van der Waals surface area contributed by atoms with Crippen LogP contribution in [0, 0.1) is 23.7 Å². The lowest BCUT2D eigenvalue weighted by molar-refractivity contribution is -0.320. The number of hydrogen-bond acceptors (Lipinski definition) is 17. The van der Waals surface area contributed by atoms with Gasteiger partial charge >= 0.3 is 24.2 Å². The minimum Gasteiger partial charge on any atom is -0.458 e. The summed E-state index contributed by atoms with van der Waals surface area (Å²) in [6, 6.07) is 8.14. The number of methoxy groups -OCH3 is 2. The molecule has 18 nitrogen and oxygen atoms in total. The standard InChI is InChI=1S/C52H82N2O16/c1-17-24-54-43-31(5)40(56)29(3)26-50(10,60-15)44(68-47-42(65-35(9)55)37(53(13)14)25-30(4)63-47)32(6)41(33(7)46(57)66-38(18-2)52(43,12)70-48(54)58)67-39-27-51(11,61-16)45(34(8)64-39)69-49(59)62-28-36-22-20-19-21-23-36/h19-23,29-34,37-39,41-45,47H,17-18,24-28H2,1-16H3/t29-,30-,31+,32+,33-,34+,37+,38-,39+,41+,42-,43-,44-,45+,47+,50-,51-,52-/m1/s1. The average molecular weight is 991 g/mol. The average Bonchev–Trinajstić information content (AvgIpc) is 3.57. The van der Waals surface area contributed by atoms with Gasteiger partial charge in [-0.2, -0.15) is 0 Å². The Morgan fingerprint density at radius 2 is 1.47 bits per heavy atom. The largest absolute Gasteiger partial charge is 0.509 e. The summed E-state index contributed by atoms with van der Waals surface area (Å²) >= 11 is 0. The molecule has 1 aromatic carbocycles. The van der Waals surface area contributed by atoms with E-state index in [9.17, 15) is 24.0 Å². The van der Waals surface area contributed by atoms with E-state index in [0.29, 0.717) is 19.4 Å². The molecule has 70 heavy (non-hydrogen) atoms. The SMILES string of the molecule is CCCN1C(=O)O[C@]2(C)[C@@H](CC)OC(=O)[C@H](C)[C@@H](O[C@H]3C[C@@](C)(OC)[C@@H](OC(=O)OCc4ccccc4)[C@H](C)O3)[C@H](C)[C@@H](O[C@@H]3O[C@H](C)C[C@H](N(C)C)[C@H]3OC(C)=O)[C@](C)(OC)C[C@@H](C)C(=O)[C@H](C)[C@@H]12. The van der Waals surface area contributed by atoms with E-state index in [4.69, 9.17) is 52.1 Å². The van der Waals surface area contributed by atoms with Crippen LogP contribution in [0.15, 0.2) is 30.3 Å². The van der Waals surface area contributed by atoms with Gasteiger partial charge in [-0.25, -0.2) is 9.59 Å². The third-order valence-electron chi connectivity index (χ3n) is 15.2. The van der Waals surface area contributed by atoms with Crippen LogP contribution in [-0.4, -0.2) is 159 Å². The number of amides is 1. The number of hydrogen-bond donors (Lipinski definition) is 0. The molecule has 0 radical (unpaired) electrons. The van der Waals surface area contributed by atoms with Gasteiger partial charge in [0, 0.05) is 51.9 Å². The zero-order valence-electron chi connectivity index (χ0n) is 44.4. The molecule has 18 heteroatoms. The Labute approximate surface area is 415 Å². The van der Waals surface area contributed by atoms with Crippen LogP contribution < -0.4 is 0 Å². The number of rotatable bonds is 14. The van der Waals surface area contributed by atoms with Crippen LogP contribution in [0.3, 0.4) is 0 Å². The summed E-state index contributed by atoms with van der Waals surface area (Å²) in [6.45, 7) is 21.6. The van der Waals surface area contributed by atoms with Crippen LogP contribution in [0.1, 0.15) is 121 Å². The minimum absolute atomic E-state index is 0.000570. The number of Topliss-reactive ketones (excluding diaryl/α,β-unsaturated/α-hetero) is 1. The van der Waals surface area contributed by atoms with Crippen molar-refractivity contribution in [3.8, 4) is 0 Å². The van der Waals surface area contributed by atoms with Crippen molar-refractivity contribution in [1.29, 1.82) is 0 Å². The van der Waals surface area contributed by atoms with Crippen molar-refractivity contribution < 1.29 is 76.1 Å². The van der Waals surface area contributed by atoms with E-state index in [0.717, 1.165) is 5.56 Å². The lowest BCUT2D eigenvalue weighted by atomic mass is 9.73. The number of carbonyl (C=O) groups excluding carboxylic acids is 5. The molecule has 0 saturated carbocycles. The van der Waals surface area contributed by atoms with Gasteiger partial charge in [-0.15, -0.1) is 0 Å². The van der Waals surface area contributed by atoms with Gasteiger partial charge < -0.3 is 61.9 Å². The Bertz CT molecular complexity index is 1940. The topological polar surface area (TPSA) is 193 Å². The van der Waals surface area contributed by atoms with E-state index in [2.05, 4.69) is 0 Å². The first kappa shape index (κ1) is 57.0. The van der Waals surface area contributed by atoms with Gasteiger partial charge in [0.05, 0.1) is 48.0 Å². The van der Waals surface area contributed by atoms with Crippen molar-refractivity contribution in [1.82, 2.24) is 9.80 Å². The van der Waals surface area contributed by atoms with E-state index < -0.39 is 120 Å². The first-order chi connectivity index (χ1) is 32.9. The molecule has 4 aliphatic heterocycles. The number of carbonyl (C=O) groups is 5. The molecule has 18 atom stereocenters. The molecule has 396 valence electrons. The van der Waals surface area contributed by atoms with Gasteiger partial charge in [0.25, 0.3) is 0 Å². The molecule has 4 aliphatic rings. The molecule has 1 amide bonds. The predicted molar refractivity (Wildman–Crippen MR) is 255 cm³/mol. The van der Waals surface area contributed by atoms with Gasteiger partial charge in [0.2, 0.25) is 0 Å². The number of ketones is 1. The second-order valence-electron chi connectivity index (χ2n) is 20.9. The maximum absolute atomic E-state index is 15.0.